The minimum Gasteiger partial charge on any atom is -0.383 e. The number of anilines is 1. The smallest absolute Gasteiger partial charge is 0.208 e. The molecule has 2 rings (SSSR count). The second-order valence-corrected chi connectivity index (χ2v) is 5.09. The molecule has 0 N–H and O–H groups in total. The van der Waals surface area contributed by atoms with Crippen LogP contribution in [-0.4, -0.2) is 61.5 Å². The molecular formula is C10H18N4OS. The first-order valence-corrected chi connectivity index (χ1v) is 6.37. The Bertz CT molecular complexity index is 322. The van der Waals surface area contributed by atoms with Gasteiger partial charge in [0.05, 0.1) is 6.61 Å². The third kappa shape index (κ3) is 2.90. The Balaban J connectivity index is 1.81. The fourth-order valence-corrected chi connectivity index (χ4v) is 2.54. The molecule has 1 aromatic heterocycles. The van der Waals surface area contributed by atoms with E-state index in [0.29, 0.717) is 0 Å². The van der Waals surface area contributed by atoms with Crippen molar-refractivity contribution in [1.29, 1.82) is 0 Å². The Kier molecular flexibility index (Phi) is 4.09. The normalized spacial score (nSPS) is 18.0. The lowest BCUT2D eigenvalue weighted by atomic mass is 10.3. The fraction of sp³-hybridized carbons (Fsp3) is 0.800. The van der Waals surface area contributed by atoms with Crippen LogP contribution in [-0.2, 0) is 4.74 Å². The summed E-state index contributed by atoms with van der Waals surface area (Å²) in [6.07, 6.45) is 0. The molecule has 0 amide bonds. The maximum Gasteiger partial charge on any atom is 0.208 e. The van der Waals surface area contributed by atoms with Gasteiger partial charge in [-0.3, -0.25) is 4.90 Å². The molecule has 0 atom stereocenters. The van der Waals surface area contributed by atoms with Gasteiger partial charge in [0.15, 0.2) is 0 Å². The van der Waals surface area contributed by atoms with Crippen molar-refractivity contribution in [3.8, 4) is 0 Å². The van der Waals surface area contributed by atoms with Crippen molar-refractivity contribution in [2.75, 3.05) is 51.3 Å². The number of rotatable bonds is 4. The van der Waals surface area contributed by atoms with Crippen molar-refractivity contribution in [2.45, 2.75) is 6.92 Å². The summed E-state index contributed by atoms with van der Waals surface area (Å²) >= 11 is 1.67. The summed E-state index contributed by atoms with van der Waals surface area (Å²) in [6.45, 7) is 8.09. The zero-order valence-corrected chi connectivity index (χ0v) is 10.7. The summed E-state index contributed by atoms with van der Waals surface area (Å²) in [5, 5.41) is 10.3. The van der Waals surface area contributed by atoms with E-state index in [9.17, 15) is 0 Å². The summed E-state index contributed by atoms with van der Waals surface area (Å²) in [6, 6.07) is 0. The molecule has 0 bridgehead atoms. The highest BCUT2D eigenvalue weighted by Crippen LogP contribution is 2.20. The third-order valence-electron chi connectivity index (χ3n) is 2.77. The van der Waals surface area contributed by atoms with Gasteiger partial charge in [0, 0.05) is 39.8 Å². The van der Waals surface area contributed by atoms with E-state index in [1.54, 1.807) is 18.4 Å². The molecule has 0 radical (unpaired) electrons. The van der Waals surface area contributed by atoms with E-state index in [2.05, 4.69) is 20.0 Å². The molecule has 90 valence electrons. The lowest BCUT2D eigenvalue weighted by Gasteiger charge is -2.34. The summed E-state index contributed by atoms with van der Waals surface area (Å²) in [4.78, 5) is 4.74. The minimum atomic E-state index is 0.817. The highest BCUT2D eigenvalue weighted by molar-refractivity contribution is 7.15. The summed E-state index contributed by atoms with van der Waals surface area (Å²) in [5.74, 6) is 0. The van der Waals surface area contributed by atoms with Crippen LogP contribution in [0.3, 0.4) is 0 Å². The first-order chi connectivity index (χ1) is 7.79. The third-order valence-corrected chi connectivity index (χ3v) is 3.67. The molecule has 0 aliphatic carbocycles. The van der Waals surface area contributed by atoms with Crippen LogP contribution in [0.2, 0.25) is 0 Å². The van der Waals surface area contributed by atoms with Crippen LogP contribution in [0, 0.1) is 6.92 Å². The van der Waals surface area contributed by atoms with Crippen molar-refractivity contribution in [2.24, 2.45) is 0 Å². The Morgan fingerprint density at radius 1 is 1.25 bits per heavy atom. The number of piperazine rings is 1. The number of aryl methyl sites for hydroxylation is 1. The molecule has 0 aromatic carbocycles. The van der Waals surface area contributed by atoms with Gasteiger partial charge in [0.25, 0.3) is 0 Å². The van der Waals surface area contributed by atoms with Crippen LogP contribution in [0.5, 0.6) is 0 Å². The lowest BCUT2D eigenvalue weighted by molar-refractivity contribution is 0.144. The second-order valence-electron chi connectivity index (χ2n) is 3.93. The molecule has 5 nitrogen and oxygen atoms in total. The van der Waals surface area contributed by atoms with E-state index in [4.69, 9.17) is 4.74 Å². The first kappa shape index (κ1) is 11.8. The van der Waals surface area contributed by atoms with Gasteiger partial charge in [-0.25, -0.2) is 0 Å². The zero-order valence-electron chi connectivity index (χ0n) is 9.85. The van der Waals surface area contributed by atoms with Gasteiger partial charge in [-0.15, -0.1) is 10.2 Å². The quantitative estimate of drug-likeness (QED) is 0.774. The van der Waals surface area contributed by atoms with Crippen LogP contribution >= 0.6 is 11.3 Å². The maximum atomic E-state index is 5.08. The molecule has 2 heterocycles. The number of hydrogen-bond acceptors (Lipinski definition) is 6. The number of methoxy groups -OCH3 is 1. The Morgan fingerprint density at radius 3 is 2.56 bits per heavy atom. The average molecular weight is 242 g/mol. The number of ether oxygens (including phenoxy) is 1. The van der Waals surface area contributed by atoms with Crippen molar-refractivity contribution in [1.82, 2.24) is 15.1 Å². The van der Waals surface area contributed by atoms with Gasteiger partial charge in [0.1, 0.15) is 5.01 Å². The molecule has 1 saturated heterocycles. The minimum absolute atomic E-state index is 0.817. The molecule has 1 fully saturated rings. The average Bonchev–Trinajstić information content (AvgIpc) is 2.74. The molecule has 1 aliphatic rings. The fourth-order valence-electron chi connectivity index (χ4n) is 1.80. The first-order valence-electron chi connectivity index (χ1n) is 5.56. The Morgan fingerprint density at radius 2 is 2.00 bits per heavy atom. The van der Waals surface area contributed by atoms with Crippen molar-refractivity contribution in [3.63, 3.8) is 0 Å². The van der Waals surface area contributed by atoms with Crippen LogP contribution in [0.25, 0.3) is 0 Å². The standard InChI is InChI=1S/C10H18N4OS/c1-9-11-12-10(16-9)14-5-3-13(4-6-14)7-8-15-2/h3-8H2,1-2H3. The van der Waals surface area contributed by atoms with Gasteiger partial charge in [-0.2, -0.15) is 0 Å². The van der Waals surface area contributed by atoms with Gasteiger partial charge in [0.2, 0.25) is 5.13 Å². The summed E-state index contributed by atoms with van der Waals surface area (Å²) < 4.78 is 5.08. The second kappa shape index (κ2) is 5.56. The van der Waals surface area contributed by atoms with Gasteiger partial charge < -0.3 is 9.64 Å². The molecule has 0 unspecified atom stereocenters. The number of nitrogens with zero attached hydrogens (tertiary/aromatic N) is 4. The van der Waals surface area contributed by atoms with E-state index in [1.807, 2.05) is 6.92 Å². The van der Waals surface area contributed by atoms with Crippen LogP contribution in [0.15, 0.2) is 0 Å². The van der Waals surface area contributed by atoms with Gasteiger partial charge in [-0.05, 0) is 6.92 Å². The van der Waals surface area contributed by atoms with Crippen molar-refractivity contribution >= 4 is 16.5 Å². The molecular weight excluding hydrogens is 224 g/mol. The number of aromatic nitrogens is 2. The van der Waals surface area contributed by atoms with E-state index >= 15 is 0 Å². The van der Waals surface area contributed by atoms with Crippen molar-refractivity contribution < 1.29 is 4.74 Å². The SMILES string of the molecule is COCCN1CCN(c2nnc(C)s2)CC1. The van der Waals surface area contributed by atoms with Gasteiger partial charge in [-0.1, -0.05) is 11.3 Å². The zero-order chi connectivity index (χ0) is 11.4. The van der Waals surface area contributed by atoms with Crippen LogP contribution in [0.4, 0.5) is 5.13 Å². The Labute approximate surface area is 100 Å². The van der Waals surface area contributed by atoms with E-state index in [-0.39, 0.29) is 0 Å². The van der Waals surface area contributed by atoms with E-state index in [1.165, 1.54) is 0 Å². The molecule has 0 saturated carbocycles. The molecule has 1 aromatic rings. The largest absolute Gasteiger partial charge is 0.383 e. The highest BCUT2D eigenvalue weighted by atomic mass is 32.1. The van der Waals surface area contributed by atoms with Gasteiger partial charge >= 0.3 is 0 Å². The van der Waals surface area contributed by atoms with Crippen molar-refractivity contribution in [3.05, 3.63) is 5.01 Å². The lowest BCUT2D eigenvalue weighted by Crippen LogP contribution is -2.47. The molecule has 6 heteroatoms. The molecule has 0 spiro atoms. The summed E-state index contributed by atoms with van der Waals surface area (Å²) in [5.41, 5.74) is 0. The predicted molar refractivity (Wildman–Crippen MR) is 65.2 cm³/mol. The van der Waals surface area contributed by atoms with Crippen LogP contribution in [0.1, 0.15) is 5.01 Å². The summed E-state index contributed by atoms with van der Waals surface area (Å²) in [7, 11) is 1.75. The van der Waals surface area contributed by atoms with Crippen LogP contribution < -0.4 is 4.90 Å². The predicted octanol–water partition coefficient (Wildman–Crippen LogP) is 0.615. The molecule has 1 aliphatic heterocycles. The monoisotopic (exact) mass is 242 g/mol. The maximum absolute atomic E-state index is 5.08. The Hall–Kier alpha value is -0.720. The molecule has 16 heavy (non-hydrogen) atoms. The topological polar surface area (TPSA) is 41.5 Å². The van der Waals surface area contributed by atoms with E-state index < -0.39 is 0 Å². The van der Waals surface area contributed by atoms with E-state index in [0.717, 1.165) is 49.5 Å². The highest BCUT2D eigenvalue weighted by Gasteiger charge is 2.18. The number of hydrogen-bond donors (Lipinski definition) is 0.